The van der Waals surface area contributed by atoms with Crippen molar-refractivity contribution < 1.29 is 14.7 Å². The molecule has 0 saturated heterocycles. The number of carboxylic acid groups (broad SMARTS) is 1. The van der Waals surface area contributed by atoms with E-state index in [1.165, 1.54) is 6.92 Å². The highest BCUT2D eigenvalue weighted by Crippen LogP contribution is 2.05. The fraction of sp³-hybridized carbons (Fsp3) is 0.833. The Balaban J connectivity index is 4.29. The van der Waals surface area contributed by atoms with Crippen LogP contribution >= 0.6 is 0 Å². The summed E-state index contributed by atoms with van der Waals surface area (Å²) in [6.45, 7) is 6.34. The molecule has 0 aliphatic carbocycles. The van der Waals surface area contributed by atoms with Gasteiger partial charge in [-0.15, -0.1) is 0 Å². The first kappa shape index (κ1) is 16.7. The van der Waals surface area contributed by atoms with E-state index in [-0.39, 0.29) is 6.04 Å². The Morgan fingerprint density at radius 1 is 1.17 bits per heavy atom. The molecule has 0 heterocycles. The lowest BCUT2D eigenvalue weighted by Crippen LogP contribution is -2.50. The van der Waals surface area contributed by atoms with E-state index >= 15 is 0 Å². The molecule has 0 aromatic carbocycles. The third kappa shape index (κ3) is 7.89. The lowest BCUT2D eigenvalue weighted by Gasteiger charge is -2.24. The number of carbonyl (C=O) groups is 2. The Kier molecular flexibility index (Phi) is 7.35. The van der Waals surface area contributed by atoms with Gasteiger partial charge < -0.3 is 20.6 Å². The van der Waals surface area contributed by atoms with Gasteiger partial charge in [-0.1, -0.05) is 13.8 Å². The van der Waals surface area contributed by atoms with Crippen molar-refractivity contribution in [3.05, 3.63) is 0 Å². The number of nitrogens with zero attached hydrogens (tertiary/aromatic N) is 1. The summed E-state index contributed by atoms with van der Waals surface area (Å²) in [6, 6.07) is -1.30. The second kappa shape index (κ2) is 7.92. The highest BCUT2D eigenvalue weighted by Gasteiger charge is 2.18. The summed E-state index contributed by atoms with van der Waals surface area (Å²) in [5.41, 5.74) is 0. The van der Waals surface area contributed by atoms with E-state index < -0.39 is 18.0 Å². The second-order valence-corrected chi connectivity index (χ2v) is 5.27. The van der Waals surface area contributed by atoms with Gasteiger partial charge in [0.05, 0.1) is 0 Å². The molecule has 2 amide bonds. The molecule has 0 aromatic rings. The van der Waals surface area contributed by atoms with Crippen LogP contribution in [0.1, 0.15) is 27.2 Å². The highest BCUT2D eigenvalue weighted by molar-refractivity contribution is 5.82. The van der Waals surface area contributed by atoms with Crippen molar-refractivity contribution >= 4 is 12.0 Å². The fourth-order valence-electron chi connectivity index (χ4n) is 1.67. The van der Waals surface area contributed by atoms with Crippen LogP contribution in [0.15, 0.2) is 0 Å². The Labute approximate surface area is 109 Å². The molecule has 6 nitrogen and oxygen atoms in total. The average molecular weight is 259 g/mol. The molecule has 106 valence electrons. The molecule has 0 aliphatic rings. The number of carboxylic acids is 1. The molecule has 0 fully saturated rings. The van der Waals surface area contributed by atoms with Crippen LogP contribution in [0.5, 0.6) is 0 Å². The minimum Gasteiger partial charge on any atom is -0.480 e. The summed E-state index contributed by atoms with van der Waals surface area (Å²) in [7, 11) is 3.87. The number of hydrogen-bond donors (Lipinski definition) is 3. The zero-order valence-corrected chi connectivity index (χ0v) is 11.9. The van der Waals surface area contributed by atoms with Crippen LogP contribution in [0, 0.1) is 5.92 Å². The van der Waals surface area contributed by atoms with Crippen LogP contribution in [-0.2, 0) is 4.79 Å². The molecule has 18 heavy (non-hydrogen) atoms. The molecule has 0 aromatic heterocycles. The number of nitrogens with one attached hydrogen (secondary N) is 2. The maximum Gasteiger partial charge on any atom is 0.325 e. The van der Waals surface area contributed by atoms with Gasteiger partial charge in [-0.05, 0) is 33.4 Å². The van der Waals surface area contributed by atoms with E-state index in [1.807, 2.05) is 19.0 Å². The standard InChI is InChI=1S/C12H25N3O3/c1-8(2)6-10(7-15(4)5)14-12(18)13-9(3)11(16)17/h8-10H,6-7H2,1-5H3,(H,16,17)(H2,13,14,18)/t9-,10?/m1/s1. The number of likely N-dealkylation sites (N-methyl/N-ethyl adjacent to an activating group) is 1. The van der Waals surface area contributed by atoms with Gasteiger partial charge in [0.25, 0.3) is 0 Å². The van der Waals surface area contributed by atoms with Gasteiger partial charge in [0.2, 0.25) is 0 Å². The predicted molar refractivity (Wildman–Crippen MR) is 70.6 cm³/mol. The van der Waals surface area contributed by atoms with Gasteiger partial charge in [0.1, 0.15) is 6.04 Å². The maximum atomic E-state index is 11.6. The summed E-state index contributed by atoms with van der Waals surface area (Å²) in [6.07, 6.45) is 0.854. The average Bonchev–Trinajstić information content (AvgIpc) is 2.14. The van der Waals surface area contributed by atoms with E-state index in [0.717, 1.165) is 13.0 Å². The normalized spacial score (nSPS) is 14.4. The lowest BCUT2D eigenvalue weighted by atomic mass is 10.0. The van der Waals surface area contributed by atoms with Gasteiger partial charge >= 0.3 is 12.0 Å². The Morgan fingerprint density at radius 2 is 1.72 bits per heavy atom. The van der Waals surface area contributed by atoms with Crippen LogP contribution in [0.25, 0.3) is 0 Å². The molecule has 0 bridgehead atoms. The first-order valence-corrected chi connectivity index (χ1v) is 6.17. The predicted octanol–water partition coefficient (Wildman–Crippen LogP) is 0.735. The van der Waals surface area contributed by atoms with Crippen molar-refractivity contribution in [3.63, 3.8) is 0 Å². The first-order valence-electron chi connectivity index (χ1n) is 6.17. The summed E-state index contributed by atoms with van der Waals surface area (Å²) in [5.74, 6) is -0.578. The number of amides is 2. The largest absolute Gasteiger partial charge is 0.480 e. The Hall–Kier alpha value is -1.30. The number of aliphatic carboxylic acids is 1. The number of urea groups is 1. The van der Waals surface area contributed by atoms with Crippen molar-refractivity contribution in [2.75, 3.05) is 20.6 Å². The summed E-state index contributed by atoms with van der Waals surface area (Å²) in [5, 5.41) is 13.9. The molecule has 2 atom stereocenters. The third-order valence-electron chi connectivity index (χ3n) is 2.39. The summed E-state index contributed by atoms with van der Waals surface area (Å²) >= 11 is 0. The van der Waals surface area contributed by atoms with E-state index in [0.29, 0.717) is 5.92 Å². The Bertz CT molecular complexity index is 270. The number of hydrogen-bond acceptors (Lipinski definition) is 3. The smallest absolute Gasteiger partial charge is 0.325 e. The van der Waals surface area contributed by atoms with Crippen molar-refractivity contribution in [3.8, 4) is 0 Å². The molecule has 0 radical (unpaired) electrons. The van der Waals surface area contributed by atoms with Crippen LogP contribution in [-0.4, -0.2) is 54.7 Å². The highest BCUT2D eigenvalue weighted by atomic mass is 16.4. The number of rotatable bonds is 7. The molecule has 1 unspecified atom stereocenters. The van der Waals surface area contributed by atoms with E-state index in [4.69, 9.17) is 5.11 Å². The van der Waals surface area contributed by atoms with Gasteiger partial charge in [0.15, 0.2) is 0 Å². The minimum atomic E-state index is -1.04. The molecule has 0 saturated carbocycles. The van der Waals surface area contributed by atoms with E-state index in [1.54, 1.807) is 0 Å². The molecular weight excluding hydrogens is 234 g/mol. The second-order valence-electron chi connectivity index (χ2n) is 5.27. The summed E-state index contributed by atoms with van der Waals surface area (Å²) in [4.78, 5) is 24.2. The fourth-order valence-corrected chi connectivity index (χ4v) is 1.67. The molecule has 0 aliphatic heterocycles. The minimum absolute atomic E-state index is 0.0148. The third-order valence-corrected chi connectivity index (χ3v) is 2.39. The molecule has 3 N–H and O–H groups in total. The lowest BCUT2D eigenvalue weighted by molar-refractivity contribution is -0.138. The SMILES string of the molecule is CC(C)CC(CN(C)C)NC(=O)N[C@H](C)C(=O)O. The number of carbonyl (C=O) groups excluding carboxylic acids is 1. The van der Waals surface area contributed by atoms with Gasteiger partial charge in [-0.25, -0.2) is 4.79 Å². The monoisotopic (exact) mass is 259 g/mol. The maximum absolute atomic E-state index is 11.6. The zero-order chi connectivity index (χ0) is 14.3. The molecule has 0 rings (SSSR count). The molecule has 0 spiro atoms. The van der Waals surface area contributed by atoms with E-state index in [9.17, 15) is 9.59 Å². The summed E-state index contributed by atoms with van der Waals surface area (Å²) < 4.78 is 0. The van der Waals surface area contributed by atoms with Gasteiger partial charge in [0, 0.05) is 12.6 Å². The topological polar surface area (TPSA) is 81.7 Å². The molecular formula is C12H25N3O3. The van der Waals surface area contributed by atoms with Gasteiger partial charge in [-0.3, -0.25) is 4.79 Å². The van der Waals surface area contributed by atoms with Crippen molar-refractivity contribution in [1.82, 2.24) is 15.5 Å². The van der Waals surface area contributed by atoms with Crippen LogP contribution < -0.4 is 10.6 Å². The first-order chi connectivity index (χ1) is 8.22. The van der Waals surface area contributed by atoms with Crippen LogP contribution in [0.3, 0.4) is 0 Å². The quantitative estimate of drug-likeness (QED) is 0.629. The van der Waals surface area contributed by atoms with Crippen molar-refractivity contribution in [1.29, 1.82) is 0 Å². The van der Waals surface area contributed by atoms with Crippen molar-refractivity contribution in [2.24, 2.45) is 5.92 Å². The van der Waals surface area contributed by atoms with Crippen LogP contribution in [0.4, 0.5) is 4.79 Å². The van der Waals surface area contributed by atoms with Crippen molar-refractivity contribution in [2.45, 2.75) is 39.3 Å². The van der Waals surface area contributed by atoms with Crippen LogP contribution in [0.2, 0.25) is 0 Å². The van der Waals surface area contributed by atoms with E-state index in [2.05, 4.69) is 24.5 Å². The van der Waals surface area contributed by atoms with Gasteiger partial charge in [-0.2, -0.15) is 0 Å². The molecule has 6 heteroatoms. The Morgan fingerprint density at radius 3 is 2.11 bits per heavy atom. The zero-order valence-electron chi connectivity index (χ0n) is 11.9.